The molecule has 0 saturated heterocycles. The second kappa shape index (κ2) is 7.02. The number of nitrogens with zero attached hydrogens (tertiary/aromatic N) is 2. The van der Waals surface area contributed by atoms with Gasteiger partial charge < -0.3 is 9.47 Å². The van der Waals surface area contributed by atoms with Crippen molar-refractivity contribution >= 4 is 45.0 Å². The van der Waals surface area contributed by atoms with E-state index in [2.05, 4.69) is 15.9 Å². The zero-order valence-corrected chi connectivity index (χ0v) is 15.1. The number of aromatic nitrogens is 1. The highest BCUT2D eigenvalue weighted by Gasteiger charge is 2.21. The lowest BCUT2D eigenvalue weighted by atomic mass is 10.2. The number of amides is 1. The summed E-state index contributed by atoms with van der Waals surface area (Å²) in [5.74, 6) is -0.601. The predicted octanol–water partition coefficient (Wildman–Crippen LogP) is 4.90. The molecule has 1 aromatic carbocycles. The van der Waals surface area contributed by atoms with Gasteiger partial charge in [0.1, 0.15) is 16.7 Å². The Bertz CT molecular complexity index is 718. The maximum atomic E-state index is 13.9. The first kappa shape index (κ1) is 17.3. The molecular formula is C15H14BrCl2FN2O. The molecule has 0 fully saturated rings. The van der Waals surface area contributed by atoms with Gasteiger partial charge in [0.25, 0.3) is 5.91 Å². The molecule has 0 aliphatic rings. The van der Waals surface area contributed by atoms with Crippen LogP contribution >= 0.6 is 39.1 Å². The standard InChI is InChI=1S/C15H14BrCl2FN2O/c1-3-21(8-9-6-10(16)4-5-12(9)19)15(22)13-7-11(17)14(18)20(13)2/h4-7H,3,8H2,1-2H3. The van der Waals surface area contributed by atoms with E-state index in [0.29, 0.717) is 28.0 Å². The molecule has 0 spiro atoms. The predicted molar refractivity (Wildman–Crippen MR) is 89.9 cm³/mol. The Labute approximate surface area is 146 Å². The fourth-order valence-corrected chi connectivity index (χ4v) is 2.89. The first-order valence-corrected chi connectivity index (χ1v) is 8.14. The third-order valence-electron chi connectivity index (χ3n) is 3.37. The zero-order valence-electron chi connectivity index (χ0n) is 12.0. The Kier molecular flexibility index (Phi) is 5.53. The number of rotatable bonds is 4. The highest BCUT2D eigenvalue weighted by atomic mass is 79.9. The summed E-state index contributed by atoms with van der Waals surface area (Å²) >= 11 is 15.2. The van der Waals surface area contributed by atoms with E-state index in [4.69, 9.17) is 23.2 Å². The number of carbonyl (C=O) groups is 1. The van der Waals surface area contributed by atoms with Crippen molar-refractivity contribution in [2.45, 2.75) is 13.5 Å². The minimum absolute atomic E-state index is 0.168. The Balaban J connectivity index is 2.29. The molecule has 22 heavy (non-hydrogen) atoms. The second-order valence-corrected chi connectivity index (χ2v) is 6.46. The van der Waals surface area contributed by atoms with Gasteiger partial charge in [0.05, 0.1) is 5.02 Å². The molecule has 0 aliphatic heterocycles. The van der Waals surface area contributed by atoms with Crippen molar-refractivity contribution in [2.24, 2.45) is 7.05 Å². The normalized spacial score (nSPS) is 10.8. The molecule has 0 bridgehead atoms. The number of benzene rings is 1. The van der Waals surface area contributed by atoms with E-state index in [1.165, 1.54) is 21.6 Å². The minimum atomic E-state index is -0.350. The molecule has 1 aromatic heterocycles. The van der Waals surface area contributed by atoms with Crippen LogP contribution in [0, 0.1) is 5.82 Å². The van der Waals surface area contributed by atoms with Gasteiger partial charge >= 0.3 is 0 Å². The van der Waals surface area contributed by atoms with Crippen molar-refractivity contribution in [3.63, 3.8) is 0 Å². The molecular weight excluding hydrogens is 394 g/mol. The molecule has 0 radical (unpaired) electrons. The molecule has 0 unspecified atom stereocenters. The first-order chi connectivity index (χ1) is 10.3. The molecule has 2 rings (SSSR count). The molecule has 2 aromatic rings. The molecule has 0 atom stereocenters. The first-order valence-electron chi connectivity index (χ1n) is 6.59. The largest absolute Gasteiger partial charge is 0.333 e. The summed E-state index contributed by atoms with van der Waals surface area (Å²) in [5, 5.41) is 0.618. The van der Waals surface area contributed by atoms with Crippen LogP contribution in [0.5, 0.6) is 0 Å². The smallest absolute Gasteiger partial charge is 0.270 e. The van der Waals surface area contributed by atoms with Crippen LogP contribution in [-0.2, 0) is 13.6 Å². The van der Waals surface area contributed by atoms with Crippen molar-refractivity contribution in [1.82, 2.24) is 9.47 Å². The molecule has 3 nitrogen and oxygen atoms in total. The van der Waals surface area contributed by atoms with E-state index >= 15 is 0 Å². The summed E-state index contributed by atoms with van der Waals surface area (Å²) in [6, 6.07) is 6.17. The average Bonchev–Trinajstić information content (AvgIpc) is 2.75. The maximum absolute atomic E-state index is 13.9. The second-order valence-electron chi connectivity index (χ2n) is 4.78. The van der Waals surface area contributed by atoms with Crippen LogP contribution in [0.25, 0.3) is 0 Å². The quantitative estimate of drug-likeness (QED) is 0.707. The van der Waals surface area contributed by atoms with Crippen LogP contribution in [0.2, 0.25) is 10.2 Å². The topological polar surface area (TPSA) is 25.2 Å². The minimum Gasteiger partial charge on any atom is -0.333 e. The van der Waals surface area contributed by atoms with Crippen LogP contribution in [0.3, 0.4) is 0 Å². The number of halogens is 4. The van der Waals surface area contributed by atoms with Gasteiger partial charge in [0.15, 0.2) is 0 Å². The number of carbonyl (C=O) groups excluding carboxylic acids is 1. The average molecular weight is 408 g/mol. The molecule has 0 saturated carbocycles. The van der Waals surface area contributed by atoms with Gasteiger partial charge in [-0.25, -0.2) is 4.39 Å². The van der Waals surface area contributed by atoms with Crippen molar-refractivity contribution in [2.75, 3.05) is 6.54 Å². The molecule has 7 heteroatoms. The molecule has 0 N–H and O–H groups in total. The fourth-order valence-electron chi connectivity index (χ4n) is 2.11. The van der Waals surface area contributed by atoms with E-state index in [1.807, 2.05) is 6.92 Å². The SMILES string of the molecule is CCN(Cc1cc(Br)ccc1F)C(=O)c1cc(Cl)c(Cl)n1C. The molecule has 1 heterocycles. The third-order valence-corrected chi connectivity index (χ3v) is 4.71. The van der Waals surface area contributed by atoms with E-state index in [9.17, 15) is 9.18 Å². The van der Waals surface area contributed by atoms with Crippen molar-refractivity contribution in [1.29, 1.82) is 0 Å². The summed E-state index contributed by atoms with van der Waals surface area (Å²) in [4.78, 5) is 14.2. The highest BCUT2D eigenvalue weighted by molar-refractivity contribution is 9.10. The van der Waals surface area contributed by atoms with Gasteiger partial charge in [-0.05, 0) is 31.2 Å². The molecule has 1 amide bonds. The van der Waals surface area contributed by atoms with Crippen molar-refractivity contribution < 1.29 is 9.18 Å². The van der Waals surface area contributed by atoms with Gasteiger partial charge in [-0.15, -0.1) is 0 Å². The Morgan fingerprint density at radius 2 is 2.05 bits per heavy atom. The lowest BCUT2D eigenvalue weighted by Crippen LogP contribution is -2.32. The molecule has 0 aliphatic carbocycles. The van der Waals surface area contributed by atoms with Crippen molar-refractivity contribution in [3.8, 4) is 0 Å². The zero-order chi connectivity index (χ0) is 16.4. The highest BCUT2D eigenvalue weighted by Crippen LogP contribution is 2.26. The summed E-state index contributed by atoms with van der Waals surface area (Å²) < 4.78 is 16.2. The lowest BCUT2D eigenvalue weighted by molar-refractivity contribution is 0.0741. The van der Waals surface area contributed by atoms with Gasteiger partial charge in [0, 0.05) is 30.2 Å². The van der Waals surface area contributed by atoms with Gasteiger partial charge in [-0.3, -0.25) is 4.79 Å². The molecule has 118 valence electrons. The van der Waals surface area contributed by atoms with Crippen LogP contribution in [0.4, 0.5) is 4.39 Å². The number of hydrogen-bond donors (Lipinski definition) is 0. The summed E-state index contributed by atoms with van der Waals surface area (Å²) in [5.41, 5.74) is 0.809. The van der Waals surface area contributed by atoms with Crippen LogP contribution < -0.4 is 0 Å². The van der Waals surface area contributed by atoms with Crippen molar-refractivity contribution in [3.05, 3.63) is 56.0 Å². The monoisotopic (exact) mass is 406 g/mol. The lowest BCUT2D eigenvalue weighted by Gasteiger charge is -2.21. The summed E-state index contributed by atoms with van der Waals surface area (Å²) in [7, 11) is 1.66. The third kappa shape index (κ3) is 3.47. The van der Waals surface area contributed by atoms with E-state index in [1.54, 1.807) is 19.2 Å². The van der Waals surface area contributed by atoms with Crippen LogP contribution in [-0.4, -0.2) is 21.9 Å². The van der Waals surface area contributed by atoms with Gasteiger partial charge in [0.2, 0.25) is 0 Å². The fraction of sp³-hybridized carbons (Fsp3) is 0.267. The van der Waals surface area contributed by atoms with Gasteiger partial charge in [-0.1, -0.05) is 39.1 Å². The van der Waals surface area contributed by atoms with Crippen LogP contribution in [0.1, 0.15) is 23.0 Å². The van der Waals surface area contributed by atoms with Gasteiger partial charge in [-0.2, -0.15) is 0 Å². The van der Waals surface area contributed by atoms with E-state index in [-0.39, 0.29) is 18.3 Å². The summed E-state index contributed by atoms with van der Waals surface area (Å²) in [6.07, 6.45) is 0. The van der Waals surface area contributed by atoms with Crippen LogP contribution in [0.15, 0.2) is 28.7 Å². The number of hydrogen-bond acceptors (Lipinski definition) is 1. The maximum Gasteiger partial charge on any atom is 0.270 e. The Morgan fingerprint density at radius 1 is 1.36 bits per heavy atom. The Hall–Kier alpha value is -1.04. The summed E-state index contributed by atoms with van der Waals surface area (Å²) in [6.45, 7) is 2.44. The Morgan fingerprint density at radius 3 is 2.59 bits per heavy atom. The van der Waals surface area contributed by atoms with E-state index < -0.39 is 0 Å². The van der Waals surface area contributed by atoms with E-state index in [0.717, 1.165) is 4.47 Å².